The Bertz CT molecular complexity index is 741. The number of nitrogens with one attached hydrogen (secondary N) is 1. The third-order valence-electron chi connectivity index (χ3n) is 6.61. The predicted molar refractivity (Wildman–Crippen MR) is 116 cm³/mol. The first-order chi connectivity index (χ1) is 15.2. The number of carbonyl (C=O) groups is 1. The van der Waals surface area contributed by atoms with E-state index in [-0.39, 0.29) is 12.1 Å². The molecule has 1 N–H and O–H groups in total. The van der Waals surface area contributed by atoms with E-state index in [9.17, 15) is 4.79 Å². The van der Waals surface area contributed by atoms with Crippen molar-refractivity contribution in [2.24, 2.45) is 5.92 Å². The molecule has 2 heterocycles. The summed E-state index contributed by atoms with van der Waals surface area (Å²) in [4.78, 5) is 31.0. The van der Waals surface area contributed by atoms with Crippen LogP contribution >= 0.6 is 0 Å². The molecule has 170 valence electrons. The van der Waals surface area contributed by atoms with Gasteiger partial charge in [-0.15, -0.1) is 0 Å². The molecule has 3 aliphatic rings. The van der Waals surface area contributed by atoms with E-state index in [2.05, 4.69) is 5.48 Å². The standard InChI is InChI=1S/C24H34N2O5/c1-26(24(27)29-23-17-22(25-30-23)19-9-5-3-6-10-19)20-11-7-2-4-8-18-12-13-21(16-18)31-28-15-14-20/h3,5-6,9-10,17-18,20-21,23,25H,2,4,7-8,11-16H2,1H3. The molecule has 1 saturated heterocycles. The van der Waals surface area contributed by atoms with Crippen LogP contribution in [-0.4, -0.2) is 43.1 Å². The van der Waals surface area contributed by atoms with Gasteiger partial charge in [0.05, 0.1) is 18.4 Å². The van der Waals surface area contributed by atoms with Crippen LogP contribution in [0.3, 0.4) is 0 Å². The van der Waals surface area contributed by atoms with E-state index in [1.165, 1.54) is 25.7 Å². The highest BCUT2D eigenvalue weighted by molar-refractivity contribution is 5.69. The average molecular weight is 431 g/mol. The van der Waals surface area contributed by atoms with Gasteiger partial charge in [0.25, 0.3) is 0 Å². The first-order valence-electron chi connectivity index (χ1n) is 11.6. The number of rotatable bonds is 3. The lowest BCUT2D eigenvalue weighted by Crippen LogP contribution is -2.40. The molecular formula is C24H34N2O5. The number of hydrogen-bond donors (Lipinski definition) is 1. The molecule has 7 nitrogen and oxygen atoms in total. The van der Waals surface area contributed by atoms with Gasteiger partial charge in [-0.05, 0) is 43.6 Å². The third kappa shape index (κ3) is 6.21. The van der Waals surface area contributed by atoms with Crippen LogP contribution < -0.4 is 5.48 Å². The molecule has 4 unspecified atom stereocenters. The Hall–Kier alpha value is -2.09. The van der Waals surface area contributed by atoms with Crippen LogP contribution in [0.25, 0.3) is 5.70 Å². The molecule has 1 saturated carbocycles. The Morgan fingerprint density at radius 1 is 1.06 bits per heavy atom. The van der Waals surface area contributed by atoms with Gasteiger partial charge in [-0.25, -0.2) is 19.4 Å². The molecule has 2 aliphatic heterocycles. The molecule has 1 aromatic carbocycles. The van der Waals surface area contributed by atoms with Crippen LogP contribution in [0.15, 0.2) is 36.4 Å². The maximum absolute atomic E-state index is 12.8. The molecule has 2 fully saturated rings. The molecule has 2 bridgehead atoms. The fraction of sp³-hybridized carbons (Fsp3) is 0.625. The zero-order valence-corrected chi connectivity index (χ0v) is 18.3. The average Bonchev–Trinajstić information content (AvgIpc) is 3.44. The second-order valence-corrected chi connectivity index (χ2v) is 8.83. The highest BCUT2D eigenvalue weighted by Gasteiger charge is 2.28. The van der Waals surface area contributed by atoms with Crippen molar-refractivity contribution in [1.82, 2.24) is 10.4 Å². The number of fused-ring (bicyclic) bond motifs is 2. The summed E-state index contributed by atoms with van der Waals surface area (Å²) in [7, 11) is 1.79. The monoisotopic (exact) mass is 430 g/mol. The van der Waals surface area contributed by atoms with Crippen molar-refractivity contribution in [2.45, 2.75) is 76.2 Å². The molecule has 0 aromatic heterocycles. The number of nitrogens with zero attached hydrogens (tertiary/aromatic N) is 1. The summed E-state index contributed by atoms with van der Waals surface area (Å²) in [6.07, 6.45) is 10.8. The van der Waals surface area contributed by atoms with E-state index in [1.807, 2.05) is 30.3 Å². The molecule has 31 heavy (non-hydrogen) atoms. The number of ether oxygens (including phenoxy) is 1. The lowest BCUT2D eigenvalue weighted by molar-refractivity contribution is -0.324. The maximum Gasteiger partial charge on any atom is 0.412 e. The number of amides is 1. The van der Waals surface area contributed by atoms with Crippen molar-refractivity contribution >= 4 is 11.8 Å². The summed E-state index contributed by atoms with van der Waals surface area (Å²) >= 11 is 0. The SMILES string of the molecule is CN(C(=O)OC1C=C(c2ccccc2)NO1)C1CCCCCC2CCC(C2)OOCC1. The van der Waals surface area contributed by atoms with Gasteiger partial charge in [0, 0.05) is 19.2 Å². The number of benzene rings is 1. The quantitative estimate of drug-likeness (QED) is 0.695. The zero-order valence-electron chi connectivity index (χ0n) is 18.3. The largest absolute Gasteiger partial charge is 0.413 e. The lowest BCUT2D eigenvalue weighted by Gasteiger charge is -2.28. The molecule has 7 heteroatoms. The van der Waals surface area contributed by atoms with E-state index in [0.29, 0.717) is 6.61 Å². The molecule has 1 aromatic rings. The number of carbonyl (C=O) groups excluding carboxylic acids is 1. The van der Waals surface area contributed by atoms with Gasteiger partial charge < -0.3 is 9.64 Å². The summed E-state index contributed by atoms with van der Waals surface area (Å²) < 4.78 is 5.56. The topological polar surface area (TPSA) is 69.3 Å². The van der Waals surface area contributed by atoms with E-state index in [4.69, 9.17) is 19.3 Å². The minimum absolute atomic E-state index is 0.0426. The summed E-state index contributed by atoms with van der Waals surface area (Å²) in [5.41, 5.74) is 4.62. The van der Waals surface area contributed by atoms with Crippen LogP contribution in [0.4, 0.5) is 4.79 Å². The Balaban J connectivity index is 1.29. The molecule has 0 radical (unpaired) electrons. The van der Waals surface area contributed by atoms with Crippen LogP contribution in [0, 0.1) is 5.92 Å². The molecule has 0 spiro atoms. The molecule has 1 aliphatic carbocycles. The number of hydroxylamine groups is 1. The number of hydrogen-bond acceptors (Lipinski definition) is 6. The van der Waals surface area contributed by atoms with Gasteiger partial charge in [-0.2, -0.15) is 0 Å². The maximum atomic E-state index is 12.8. The zero-order chi connectivity index (χ0) is 21.5. The van der Waals surface area contributed by atoms with Gasteiger partial charge >= 0.3 is 6.09 Å². The van der Waals surface area contributed by atoms with Crippen molar-refractivity contribution in [1.29, 1.82) is 0 Å². The fourth-order valence-corrected chi connectivity index (χ4v) is 4.72. The van der Waals surface area contributed by atoms with Crippen LogP contribution in [-0.2, 0) is 19.3 Å². The fourth-order valence-electron chi connectivity index (χ4n) is 4.72. The second kappa shape index (κ2) is 11.0. The van der Waals surface area contributed by atoms with Crippen molar-refractivity contribution in [3.8, 4) is 0 Å². The van der Waals surface area contributed by atoms with E-state index >= 15 is 0 Å². The Morgan fingerprint density at radius 2 is 1.90 bits per heavy atom. The highest BCUT2D eigenvalue weighted by Crippen LogP contribution is 2.32. The Labute approximate surface area is 184 Å². The summed E-state index contributed by atoms with van der Waals surface area (Å²) in [5, 5.41) is 0. The van der Waals surface area contributed by atoms with Gasteiger partial charge in [0.2, 0.25) is 6.29 Å². The van der Waals surface area contributed by atoms with E-state index in [1.54, 1.807) is 18.0 Å². The normalized spacial score (nSPS) is 29.6. The van der Waals surface area contributed by atoms with Crippen molar-refractivity contribution in [3.63, 3.8) is 0 Å². The lowest BCUT2D eigenvalue weighted by atomic mass is 9.98. The molecule has 4 rings (SSSR count). The summed E-state index contributed by atoms with van der Waals surface area (Å²) in [5.74, 6) is 0.775. The van der Waals surface area contributed by atoms with Gasteiger partial charge in [-0.1, -0.05) is 56.0 Å². The van der Waals surface area contributed by atoms with Crippen molar-refractivity contribution < 1.29 is 24.1 Å². The molecule has 4 atom stereocenters. The van der Waals surface area contributed by atoms with Crippen LogP contribution in [0.5, 0.6) is 0 Å². The predicted octanol–water partition coefficient (Wildman–Crippen LogP) is 4.80. The van der Waals surface area contributed by atoms with Crippen molar-refractivity contribution in [2.75, 3.05) is 13.7 Å². The van der Waals surface area contributed by atoms with E-state index in [0.717, 1.165) is 49.3 Å². The highest BCUT2D eigenvalue weighted by atomic mass is 17.2. The summed E-state index contributed by atoms with van der Waals surface area (Å²) in [6.45, 7) is 0.475. The van der Waals surface area contributed by atoms with Crippen molar-refractivity contribution in [3.05, 3.63) is 42.0 Å². The van der Waals surface area contributed by atoms with Gasteiger partial charge in [-0.3, -0.25) is 5.48 Å². The van der Waals surface area contributed by atoms with Gasteiger partial charge in [0.15, 0.2) is 0 Å². The Morgan fingerprint density at radius 3 is 2.77 bits per heavy atom. The first kappa shape index (κ1) is 22.1. The van der Waals surface area contributed by atoms with E-state index < -0.39 is 12.4 Å². The first-order valence-corrected chi connectivity index (χ1v) is 11.6. The Kier molecular flexibility index (Phi) is 7.83. The molecular weight excluding hydrogens is 396 g/mol. The minimum Gasteiger partial charge on any atom is -0.413 e. The minimum atomic E-state index is -0.755. The van der Waals surface area contributed by atoms with Crippen LogP contribution in [0.2, 0.25) is 0 Å². The van der Waals surface area contributed by atoms with Crippen LogP contribution in [0.1, 0.15) is 63.4 Å². The second-order valence-electron chi connectivity index (χ2n) is 8.83. The summed E-state index contributed by atoms with van der Waals surface area (Å²) in [6, 6.07) is 9.84. The van der Waals surface area contributed by atoms with Gasteiger partial charge in [0.1, 0.15) is 0 Å². The smallest absolute Gasteiger partial charge is 0.412 e. The molecule has 1 amide bonds. The third-order valence-corrected chi connectivity index (χ3v) is 6.61.